The number of hydrogen-bond acceptors (Lipinski definition) is 5. The number of hydrogen-bond donors (Lipinski definition) is 4. The SMILES string of the molecule is Cn1cc2c(c1C(O)Nc1ccnc(C(F)F)c1)CC[C@H](C1CCCCC1)NS2(=N)=O. The molecular formula is C21H29F2N5O2S. The van der Waals surface area contributed by atoms with Gasteiger partial charge in [-0.15, -0.1) is 0 Å². The zero-order chi connectivity index (χ0) is 22.2. The Bertz CT molecular complexity index is 1030. The van der Waals surface area contributed by atoms with E-state index in [1.54, 1.807) is 17.8 Å². The minimum atomic E-state index is -3.22. The third kappa shape index (κ3) is 4.61. The number of aryl methyl sites for hydroxylation is 1. The number of nitrogens with one attached hydrogen (secondary N) is 3. The summed E-state index contributed by atoms with van der Waals surface area (Å²) in [5.41, 5.74) is 1.12. The molecule has 0 aromatic carbocycles. The molecule has 0 radical (unpaired) electrons. The first-order valence-electron chi connectivity index (χ1n) is 10.7. The lowest BCUT2D eigenvalue weighted by atomic mass is 9.82. The van der Waals surface area contributed by atoms with Crippen molar-refractivity contribution in [1.29, 1.82) is 4.78 Å². The number of aliphatic hydroxyl groups excluding tert-OH is 1. The molecule has 2 aliphatic rings. The number of alkyl halides is 2. The number of aromatic nitrogens is 2. The fourth-order valence-electron chi connectivity index (χ4n) is 4.91. The van der Waals surface area contributed by atoms with Gasteiger partial charge in [0.25, 0.3) is 6.43 Å². The molecule has 4 rings (SSSR count). The Morgan fingerprint density at radius 2 is 2.06 bits per heavy atom. The lowest BCUT2D eigenvalue weighted by Crippen LogP contribution is -2.39. The lowest BCUT2D eigenvalue weighted by Gasteiger charge is -2.30. The smallest absolute Gasteiger partial charge is 0.280 e. The van der Waals surface area contributed by atoms with Gasteiger partial charge in [0.05, 0.1) is 10.6 Å². The molecule has 0 saturated heterocycles. The number of halogens is 2. The Kier molecular flexibility index (Phi) is 6.32. The van der Waals surface area contributed by atoms with Crippen LogP contribution in [0.5, 0.6) is 0 Å². The molecule has 0 spiro atoms. The Morgan fingerprint density at radius 3 is 2.77 bits per heavy atom. The molecule has 4 N–H and O–H groups in total. The molecule has 31 heavy (non-hydrogen) atoms. The third-order valence-corrected chi connectivity index (χ3v) is 8.02. The summed E-state index contributed by atoms with van der Waals surface area (Å²) in [6.45, 7) is 0. The van der Waals surface area contributed by atoms with Crippen LogP contribution in [0, 0.1) is 10.7 Å². The van der Waals surface area contributed by atoms with E-state index in [-0.39, 0.29) is 11.7 Å². The van der Waals surface area contributed by atoms with Gasteiger partial charge < -0.3 is 15.0 Å². The normalized spacial score (nSPS) is 25.8. The molecule has 1 aliphatic carbocycles. The molecule has 3 heterocycles. The summed E-state index contributed by atoms with van der Waals surface area (Å²) in [7, 11) is -1.50. The van der Waals surface area contributed by atoms with Crippen LogP contribution in [0.1, 0.15) is 68.1 Å². The summed E-state index contributed by atoms with van der Waals surface area (Å²) in [4.78, 5) is 4.03. The van der Waals surface area contributed by atoms with Crippen LogP contribution in [0.3, 0.4) is 0 Å². The monoisotopic (exact) mass is 453 g/mol. The van der Waals surface area contributed by atoms with Gasteiger partial charge in [-0.2, -0.15) is 0 Å². The molecule has 2 aromatic heterocycles. The van der Waals surface area contributed by atoms with Crippen molar-refractivity contribution in [2.24, 2.45) is 13.0 Å². The molecule has 10 heteroatoms. The Morgan fingerprint density at radius 1 is 1.32 bits per heavy atom. The van der Waals surface area contributed by atoms with E-state index in [0.29, 0.717) is 34.2 Å². The fraction of sp³-hybridized carbons (Fsp3) is 0.571. The molecular weight excluding hydrogens is 424 g/mol. The van der Waals surface area contributed by atoms with E-state index < -0.39 is 22.6 Å². The molecule has 1 saturated carbocycles. The lowest BCUT2D eigenvalue weighted by molar-refractivity contribution is 0.146. The summed E-state index contributed by atoms with van der Waals surface area (Å²) in [6.07, 6.45) is 6.03. The number of pyridine rings is 1. The molecule has 170 valence electrons. The van der Waals surface area contributed by atoms with E-state index >= 15 is 0 Å². The van der Waals surface area contributed by atoms with Crippen LogP contribution in [-0.4, -0.2) is 24.9 Å². The molecule has 2 unspecified atom stereocenters. The second-order valence-electron chi connectivity index (χ2n) is 8.50. The van der Waals surface area contributed by atoms with Gasteiger partial charge in [0.2, 0.25) is 0 Å². The summed E-state index contributed by atoms with van der Waals surface area (Å²) >= 11 is 0. The minimum Gasteiger partial charge on any atom is -0.368 e. The van der Waals surface area contributed by atoms with Gasteiger partial charge in [-0.05, 0) is 49.3 Å². The van der Waals surface area contributed by atoms with Gasteiger partial charge in [-0.25, -0.2) is 22.5 Å². The van der Waals surface area contributed by atoms with Gasteiger partial charge in [0, 0.05) is 31.2 Å². The number of fused-ring (bicyclic) bond motifs is 1. The molecule has 3 atom stereocenters. The van der Waals surface area contributed by atoms with Gasteiger partial charge in [0.1, 0.15) is 15.6 Å². The van der Waals surface area contributed by atoms with Crippen LogP contribution in [0.2, 0.25) is 0 Å². The van der Waals surface area contributed by atoms with Gasteiger partial charge in [-0.1, -0.05) is 19.3 Å². The standard InChI is InChI=1S/C21H29F2N5O2S/c1-28-12-18-15(7-8-16(27-31(18,24)30)13-5-3-2-4-6-13)19(28)21(29)26-14-9-10-25-17(11-14)20(22)23/h9-13,16,20-21,29H,2-8H2,1H3,(H,25,26)(H2,24,27,30)/t16-,21?,31?/m1/s1. The topological polar surface area (TPSA) is 103 Å². The first-order valence-corrected chi connectivity index (χ1v) is 12.2. The maximum atomic E-state index is 13.3. The van der Waals surface area contributed by atoms with Gasteiger partial charge in [-0.3, -0.25) is 4.98 Å². The summed E-state index contributed by atoms with van der Waals surface area (Å²) in [5, 5.41) is 13.7. The number of nitrogens with zero attached hydrogens (tertiary/aromatic N) is 2. The van der Waals surface area contributed by atoms with Crippen molar-refractivity contribution >= 4 is 15.6 Å². The van der Waals surface area contributed by atoms with Gasteiger partial charge in [0.15, 0.2) is 6.23 Å². The van der Waals surface area contributed by atoms with Crippen molar-refractivity contribution in [3.05, 3.63) is 41.5 Å². The van der Waals surface area contributed by atoms with E-state index in [1.807, 2.05) is 0 Å². The molecule has 0 amide bonds. The highest BCUT2D eigenvalue weighted by Gasteiger charge is 2.34. The molecule has 1 aliphatic heterocycles. The zero-order valence-electron chi connectivity index (χ0n) is 17.5. The van der Waals surface area contributed by atoms with Crippen LogP contribution >= 0.6 is 0 Å². The first-order chi connectivity index (χ1) is 14.8. The average Bonchev–Trinajstić information content (AvgIpc) is 3.02. The summed E-state index contributed by atoms with van der Waals surface area (Å²) in [5.74, 6) is 0.411. The van der Waals surface area contributed by atoms with E-state index in [1.165, 1.54) is 24.8 Å². The predicted octanol–water partition coefficient (Wildman–Crippen LogP) is 4.27. The Balaban J connectivity index is 1.60. The summed E-state index contributed by atoms with van der Waals surface area (Å²) in [6, 6.07) is 2.71. The maximum Gasteiger partial charge on any atom is 0.280 e. The average molecular weight is 454 g/mol. The second-order valence-corrected chi connectivity index (χ2v) is 10.3. The van der Waals surface area contributed by atoms with Crippen molar-refractivity contribution in [1.82, 2.24) is 14.3 Å². The Labute approximate surface area is 181 Å². The van der Waals surface area contributed by atoms with E-state index in [4.69, 9.17) is 4.78 Å². The highest BCUT2D eigenvalue weighted by molar-refractivity contribution is 7.90. The van der Waals surface area contributed by atoms with Crippen LogP contribution in [0.15, 0.2) is 29.4 Å². The minimum absolute atomic E-state index is 0.00903. The molecule has 2 aromatic rings. The fourth-order valence-corrected chi connectivity index (χ4v) is 6.63. The second kappa shape index (κ2) is 8.84. The van der Waals surface area contributed by atoms with E-state index in [0.717, 1.165) is 32.1 Å². The predicted molar refractivity (Wildman–Crippen MR) is 114 cm³/mol. The largest absolute Gasteiger partial charge is 0.368 e. The van der Waals surface area contributed by atoms with Crippen molar-refractivity contribution < 1.29 is 18.1 Å². The molecule has 0 bridgehead atoms. The van der Waals surface area contributed by atoms with Crippen LogP contribution in [0.4, 0.5) is 14.5 Å². The van der Waals surface area contributed by atoms with Crippen molar-refractivity contribution in [2.45, 2.75) is 68.5 Å². The maximum absolute atomic E-state index is 13.3. The van der Waals surface area contributed by atoms with Crippen LogP contribution < -0.4 is 10.0 Å². The quantitative estimate of drug-likeness (QED) is 0.508. The van der Waals surface area contributed by atoms with E-state index in [2.05, 4.69) is 15.0 Å². The number of anilines is 1. The highest BCUT2D eigenvalue weighted by Crippen LogP contribution is 2.36. The van der Waals surface area contributed by atoms with Crippen LogP contribution in [0.25, 0.3) is 0 Å². The first kappa shape index (κ1) is 22.2. The van der Waals surface area contributed by atoms with Crippen molar-refractivity contribution in [2.75, 3.05) is 5.32 Å². The summed E-state index contributed by atoms with van der Waals surface area (Å²) < 4.78 is 52.6. The number of aliphatic hydroxyl groups is 1. The molecule has 7 nitrogen and oxygen atoms in total. The van der Waals surface area contributed by atoms with Crippen LogP contribution in [-0.2, 0) is 23.4 Å². The zero-order valence-corrected chi connectivity index (χ0v) is 18.3. The highest BCUT2D eigenvalue weighted by atomic mass is 32.2. The third-order valence-electron chi connectivity index (χ3n) is 6.42. The molecule has 1 fully saturated rings. The van der Waals surface area contributed by atoms with Gasteiger partial charge >= 0.3 is 0 Å². The number of rotatable bonds is 5. The van der Waals surface area contributed by atoms with Crippen molar-refractivity contribution in [3.63, 3.8) is 0 Å². The Hall–Kier alpha value is -2.04. The van der Waals surface area contributed by atoms with Crippen molar-refractivity contribution in [3.8, 4) is 0 Å². The van der Waals surface area contributed by atoms with E-state index in [9.17, 15) is 18.1 Å².